The molecule has 2 aliphatic heterocycles. The van der Waals surface area contributed by atoms with Gasteiger partial charge in [0.05, 0.1) is 11.4 Å². The van der Waals surface area contributed by atoms with Crippen molar-refractivity contribution in [3.05, 3.63) is 88.9 Å². The first-order valence-electron chi connectivity index (χ1n) is 10.4. The first-order chi connectivity index (χ1) is 15.9. The molecule has 3 aromatic rings. The number of hydrogen-bond donors (Lipinski definition) is 1. The Balaban J connectivity index is 1.52. The van der Waals surface area contributed by atoms with E-state index in [1.54, 1.807) is 29.2 Å². The first kappa shape index (κ1) is 21.6. The Morgan fingerprint density at radius 3 is 2.64 bits per heavy atom. The molecule has 33 heavy (non-hydrogen) atoms. The molecule has 0 bridgehead atoms. The predicted molar refractivity (Wildman–Crippen MR) is 132 cm³/mol. The molecule has 8 heteroatoms. The van der Waals surface area contributed by atoms with Crippen LogP contribution in [0.25, 0.3) is 0 Å². The molecule has 1 spiro atoms. The third kappa shape index (κ3) is 3.57. The maximum absolute atomic E-state index is 14.0. The zero-order chi connectivity index (χ0) is 23.2. The molecule has 2 heterocycles. The lowest BCUT2D eigenvalue weighted by atomic mass is 10.0. The summed E-state index contributed by atoms with van der Waals surface area (Å²) in [4.78, 5) is 41.7. The van der Waals surface area contributed by atoms with Crippen molar-refractivity contribution in [2.45, 2.75) is 11.8 Å². The third-order valence-corrected chi connectivity index (χ3v) is 7.36. The molecule has 0 aromatic heterocycles. The van der Waals surface area contributed by atoms with Crippen LogP contribution in [0.1, 0.15) is 11.1 Å². The number of halogens is 1. The lowest BCUT2D eigenvalue weighted by Gasteiger charge is -2.33. The number of aryl methyl sites for hydroxylation is 1. The fourth-order valence-corrected chi connectivity index (χ4v) is 5.94. The second-order valence-corrected chi connectivity index (χ2v) is 9.57. The molecule has 1 N–H and O–H groups in total. The lowest BCUT2D eigenvalue weighted by Crippen LogP contribution is -2.50. The molecule has 3 amide bonds. The molecule has 0 radical (unpaired) electrons. The number of thioether (sulfide) groups is 1. The summed E-state index contributed by atoms with van der Waals surface area (Å²) in [6.45, 7) is 1.77. The number of anilines is 3. The highest BCUT2D eigenvalue weighted by molar-refractivity contribution is 8.02. The van der Waals surface area contributed by atoms with Crippen LogP contribution in [-0.4, -0.2) is 30.0 Å². The highest BCUT2D eigenvalue weighted by Gasteiger charge is 2.61. The van der Waals surface area contributed by atoms with Crippen molar-refractivity contribution in [2.75, 3.05) is 27.4 Å². The van der Waals surface area contributed by atoms with Gasteiger partial charge in [-0.15, -0.1) is 11.8 Å². The zero-order valence-electron chi connectivity index (χ0n) is 17.7. The minimum Gasteiger partial charge on any atom is -0.324 e. The van der Waals surface area contributed by atoms with E-state index in [1.807, 2.05) is 55.5 Å². The summed E-state index contributed by atoms with van der Waals surface area (Å²) < 4.78 is 0. The lowest BCUT2D eigenvalue weighted by molar-refractivity contribution is -0.124. The molecule has 1 atom stereocenters. The molecule has 2 aliphatic rings. The van der Waals surface area contributed by atoms with Crippen molar-refractivity contribution >= 4 is 58.1 Å². The van der Waals surface area contributed by atoms with Gasteiger partial charge in [0.15, 0.2) is 0 Å². The van der Waals surface area contributed by atoms with Gasteiger partial charge in [0, 0.05) is 22.0 Å². The van der Waals surface area contributed by atoms with Crippen LogP contribution >= 0.6 is 23.4 Å². The van der Waals surface area contributed by atoms with E-state index in [9.17, 15) is 14.4 Å². The molecule has 6 nitrogen and oxygen atoms in total. The van der Waals surface area contributed by atoms with E-state index in [4.69, 9.17) is 11.6 Å². The number of fused-ring (bicyclic) bond motifs is 2. The average Bonchev–Trinajstić information content (AvgIpc) is 3.25. The minimum atomic E-state index is -1.24. The van der Waals surface area contributed by atoms with Crippen LogP contribution in [0.5, 0.6) is 0 Å². The van der Waals surface area contributed by atoms with Gasteiger partial charge < -0.3 is 5.32 Å². The molecule has 0 unspecified atom stereocenters. The highest BCUT2D eigenvalue weighted by atomic mass is 35.5. The number of amides is 3. The van der Waals surface area contributed by atoms with E-state index < -0.39 is 4.87 Å². The van der Waals surface area contributed by atoms with Gasteiger partial charge in [-0.3, -0.25) is 24.2 Å². The minimum absolute atomic E-state index is 0.140. The number of hydrogen-bond acceptors (Lipinski definition) is 4. The fourth-order valence-electron chi connectivity index (χ4n) is 4.39. The van der Waals surface area contributed by atoms with Gasteiger partial charge in [-0.05, 0) is 48.9 Å². The van der Waals surface area contributed by atoms with Crippen LogP contribution in [0.3, 0.4) is 0 Å². The monoisotopic (exact) mass is 477 g/mol. The van der Waals surface area contributed by atoms with Crippen molar-refractivity contribution in [3.63, 3.8) is 0 Å². The number of nitrogens with zero attached hydrogens (tertiary/aromatic N) is 2. The molecular weight excluding hydrogens is 458 g/mol. The van der Waals surface area contributed by atoms with Crippen LogP contribution < -0.4 is 15.1 Å². The van der Waals surface area contributed by atoms with Crippen LogP contribution in [0.2, 0.25) is 5.02 Å². The fraction of sp³-hybridized carbons (Fsp3) is 0.160. The van der Waals surface area contributed by atoms with Crippen LogP contribution in [0.15, 0.2) is 72.8 Å². The predicted octanol–water partition coefficient (Wildman–Crippen LogP) is 4.57. The Bertz CT molecular complexity index is 1300. The Morgan fingerprint density at radius 2 is 1.85 bits per heavy atom. The second-order valence-electron chi connectivity index (χ2n) is 7.97. The second kappa shape index (κ2) is 8.24. The van der Waals surface area contributed by atoms with E-state index in [0.29, 0.717) is 27.6 Å². The Morgan fingerprint density at radius 1 is 1.06 bits per heavy atom. The normalized spacial score (nSPS) is 19.3. The van der Waals surface area contributed by atoms with E-state index in [2.05, 4.69) is 5.32 Å². The summed E-state index contributed by atoms with van der Waals surface area (Å²) in [6.07, 6.45) is 0. The third-order valence-electron chi connectivity index (χ3n) is 5.73. The highest BCUT2D eigenvalue weighted by Crippen LogP contribution is 2.55. The summed E-state index contributed by atoms with van der Waals surface area (Å²) in [5.74, 6) is -0.619. The van der Waals surface area contributed by atoms with Crippen LogP contribution in [0.4, 0.5) is 17.1 Å². The molecule has 0 saturated carbocycles. The van der Waals surface area contributed by atoms with Gasteiger partial charge >= 0.3 is 0 Å². The SMILES string of the molecule is Cc1cccc(N2C(=O)CS[C@@]23C(=O)N(CC(=O)Nc2cccc(Cl)c2)c2ccccc23)c1. The standard InChI is InChI=1S/C25H20ClN3O3S/c1-16-6-4-9-19(12-16)29-23(31)15-33-25(29)20-10-2-3-11-21(20)28(24(25)32)14-22(30)27-18-8-5-7-17(26)13-18/h2-13H,14-15H2,1H3,(H,27,30)/t25-/m0/s1. The number of rotatable bonds is 4. The number of nitrogens with one attached hydrogen (secondary N) is 1. The molecular formula is C25H20ClN3O3S. The Hall–Kier alpha value is -3.29. The molecule has 0 aliphatic carbocycles. The summed E-state index contributed by atoms with van der Waals surface area (Å²) in [6, 6.07) is 21.7. The van der Waals surface area contributed by atoms with Crippen LogP contribution in [0, 0.1) is 6.92 Å². The number of carbonyl (C=O) groups is 3. The van der Waals surface area contributed by atoms with Gasteiger partial charge in [0.1, 0.15) is 6.54 Å². The van der Waals surface area contributed by atoms with Crippen molar-refractivity contribution in [3.8, 4) is 0 Å². The molecule has 1 saturated heterocycles. The van der Waals surface area contributed by atoms with Gasteiger partial charge in [-0.25, -0.2) is 0 Å². The topological polar surface area (TPSA) is 69.7 Å². The molecule has 5 rings (SSSR count). The van der Waals surface area contributed by atoms with Crippen molar-refractivity contribution in [1.29, 1.82) is 0 Å². The molecule has 1 fully saturated rings. The van der Waals surface area contributed by atoms with Crippen molar-refractivity contribution in [1.82, 2.24) is 0 Å². The van der Waals surface area contributed by atoms with Crippen molar-refractivity contribution < 1.29 is 14.4 Å². The zero-order valence-corrected chi connectivity index (χ0v) is 19.3. The van der Waals surface area contributed by atoms with Gasteiger partial charge in [-0.2, -0.15) is 0 Å². The number of benzene rings is 3. The Labute approximate surface area is 200 Å². The van der Waals surface area contributed by atoms with Gasteiger partial charge in [-0.1, -0.05) is 48.0 Å². The molecule has 3 aromatic carbocycles. The summed E-state index contributed by atoms with van der Waals surface area (Å²) >= 11 is 7.31. The summed E-state index contributed by atoms with van der Waals surface area (Å²) in [5, 5.41) is 3.30. The summed E-state index contributed by atoms with van der Waals surface area (Å²) in [5.41, 5.74) is 3.54. The van der Waals surface area contributed by atoms with Crippen LogP contribution in [-0.2, 0) is 19.3 Å². The van der Waals surface area contributed by atoms with E-state index in [-0.39, 0.29) is 30.0 Å². The Kier molecular flexibility index (Phi) is 5.38. The maximum atomic E-state index is 14.0. The van der Waals surface area contributed by atoms with Crippen molar-refractivity contribution in [2.24, 2.45) is 0 Å². The van der Waals surface area contributed by atoms with Gasteiger partial charge in [0.2, 0.25) is 16.7 Å². The smallest absolute Gasteiger partial charge is 0.269 e. The van der Waals surface area contributed by atoms with E-state index in [1.165, 1.54) is 16.7 Å². The van der Waals surface area contributed by atoms with Gasteiger partial charge in [0.25, 0.3) is 5.91 Å². The number of carbonyl (C=O) groups excluding carboxylic acids is 3. The average molecular weight is 478 g/mol. The largest absolute Gasteiger partial charge is 0.324 e. The quantitative estimate of drug-likeness (QED) is 0.597. The van der Waals surface area contributed by atoms with E-state index in [0.717, 1.165) is 5.56 Å². The maximum Gasteiger partial charge on any atom is 0.269 e. The van der Waals surface area contributed by atoms with E-state index >= 15 is 0 Å². The first-order valence-corrected chi connectivity index (χ1v) is 11.8. The number of para-hydroxylation sites is 1. The summed E-state index contributed by atoms with van der Waals surface area (Å²) in [7, 11) is 0. The molecule has 166 valence electrons.